The van der Waals surface area contributed by atoms with E-state index in [1.165, 1.54) is 42.5 Å². The van der Waals surface area contributed by atoms with Crippen LogP contribution in [0.2, 0.25) is 0 Å². The maximum atomic E-state index is 13.1. The zero-order valence-corrected chi connectivity index (χ0v) is 12.0. The predicted octanol–water partition coefficient (Wildman–Crippen LogP) is 4.44. The van der Waals surface area contributed by atoms with Crippen molar-refractivity contribution in [1.29, 1.82) is 0 Å². The van der Waals surface area contributed by atoms with Crippen LogP contribution in [0, 0.1) is 5.82 Å². The van der Waals surface area contributed by atoms with E-state index in [1.54, 1.807) is 0 Å². The van der Waals surface area contributed by atoms with Crippen molar-refractivity contribution < 1.29 is 22.7 Å². The molecule has 2 rings (SSSR count). The fourth-order valence-electron chi connectivity index (χ4n) is 1.56. The highest BCUT2D eigenvalue weighted by Crippen LogP contribution is 2.21. The van der Waals surface area contributed by atoms with Gasteiger partial charge in [0.1, 0.15) is 11.6 Å². The highest BCUT2D eigenvalue weighted by Gasteiger charge is 2.09. The zero-order valence-electron chi connectivity index (χ0n) is 10.4. The molecule has 3 nitrogen and oxygen atoms in total. The maximum absolute atomic E-state index is 13.1. The molecule has 0 saturated heterocycles. The maximum Gasteiger partial charge on any atom is 0.387 e. The van der Waals surface area contributed by atoms with E-state index in [-0.39, 0.29) is 15.8 Å². The lowest BCUT2D eigenvalue weighted by Gasteiger charge is -2.07. The second-order valence-corrected chi connectivity index (χ2v) is 4.84. The molecule has 0 unspecified atom stereocenters. The van der Waals surface area contributed by atoms with Crippen molar-refractivity contribution in [2.45, 2.75) is 6.61 Å². The molecule has 2 aromatic rings. The third-order valence-corrected chi connectivity index (χ3v) is 3.13. The van der Waals surface area contributed by atoms with E-state index in [9.17, 15) is 18.0 Å². The van der Waals surface area contributed by atoms with Gasteiger partial charge in [-0.3, -0.25) is 4.79 Å². The molecule has 0 aliphatic heterocycles. The summed E-state index contributed by atoms with van der Waals surface area (Å²) in [6, 6.07) is 9.27. The number of nitrogens with one attached hydrogen (secondary N) is 1. The minimum Gasteiger partial charge on any atom is -0.435 e. The summed E-state index contributed by atoms with van der Waals surface area (Å²) in [7, 11) is 0. The number of carbonyl (C=O) groups excluding carboxylic acids is 1. The molecule has 0 aromatic heterocycles. The number of anilines is 1. The first-order valence-electron chi connectivity index (χ1n) is 5.77. The van der Waals surface area contributed by atoms with Gasteiger partial charge in [0.2, 0.25) is 0 Å². The number of rotatable bonds is 4. The Morgan fingerprint density at radius 1 is 1.14 bits per heavy atom. The van der Waals surface area contributed by atoms with Crippen LogP contribution in [0.5, 0.6) is 5.75 Å². The summed E-state index contributed by atoms with van der Waals surface area (Å²) in [5, 5.41) is 2.56. The Hall–Kier alpha value is -2.02. The lowest BCUT2D eigenvalue weighted by atomic mass is 10.2. The predicted molar refractivity (Wildman–Crippen MR) is 75.1 cm³/mol. The summed E-state index contributed by atoms with van der Waals surface area (Å²) in [6.45, 7) is -2.92. The number of halogens is 4. The molecule has 1 amide bonds. The van der Waals surface area contributed by atoms with Crippen LogP contribution >= 0.6 is 15.9 Å². The van der Waals surface area contributed by atoms with Gasteiger partial charge in [-0.25, -0.2) is 4.39 Å². The monoisotopic (exact) mass is 359 g/mol. The van der Waals surface area contributed by atoms with Crippen molar-refractivity contribution in [3.8, 4) is 5.75 Å². The minimum atomic E-state index is -2.92. The normalized spacial score (nSPS) is 10.5. The number of hydrogen-bond donors (Lipinski definition) is 1. The van der Waals surface area contributed by atoms with Crippen molar-refractivity contribution in [2.75, 3.05) is 5.32 Å². The smallest absolute Gasteiger partial charge is 0.387 e. The van der Waals surface area contributed by atoms with Crippen LogP contribution in [0.1, 0.15) is 10.4 Å². The van der Waals surface area contributed by atoms with E-state index < -0.39 is 18.3 Å². The van der Waals surface area contributed by atoms with E-state index >= 15 is 0 Å². The number of hydrogen-bond acceptors (Lipinski definition) is 2. The van der Waals surface area contributed by atoms with Crippen LogP contribution in [0.15, 0.2) is 46.9 Å². The summed E-state index contributed by atoms with van der Waals surface area (Å²) in [5.74, 6) is -0.926. The summed E-state index contributed by atoms with van der Waals surface area (Å²) < 4.78 is 41.5. The standard InChI is InChI=1S/C14H9BrF3NO2/c15-11-7-9(3-6-12(11)16)19-13(20)8-1-4-10(5-2-8)21-14(17)18/h1-7,14H,(H,19,20). The summed E-state index contributed by atoms with van der Waals surface area (Å²) in [6.07, 6.45) is 0. The van der Waals surface area contributed by atoms with E-state index in [0.29, 0.717) is 5.69 Å². The number of alkyl halides is 2. The highest BCUT2D eigenvalue weighted by atomic mass is 79.9. The van der Waals surface area contributed by atoms with Gasteiger partial charge in [0.05, 0.1) is 4.47 Å². The van der Waals surface area contributed by atoms with Gasteiger partial charge in [-0.15, -0.1) is 0 Å². The fourth-order valence-corrected chi connectivity index (χ4v) is 1.94. The third kappa shape index (κ3) is 4.22. The van der Waals surface area contributed by atoms with E-state index in [1.807, 2.05) is 0 Å². The largest absolute Gasteiger partial charge is 0.435 e. The quantitative estimate of drug-likeness (QED) is 0.876. The Balaban J connectivity index is 2.07. The molecule has 0 aliphatic carbocycles. The minimum absolute atomic E-state index is 0.0360. The molecule has 0 fully saturated rings. The molecule has 0 aliphatic rings. The van der Waals surface area contributed by atoms with Crippen LogP contribution in [0.3, 0.4) is 0 Å². The Bertz CT molecular complexity index is 647. The van der Waals surface area contributed by atoms with Gasteiger partial charge in [0, 0.05) is 11.3 Å². The molecule has 0 heterocycles. The van der Waals surface area contributed by atoms with E-state index in [2.05, 4.69) is 26.0 Å². The van der Waals surface area contributed by atoms with Gasteiger partial charge in [0.25, 0.3) is 5.91 Å². The Morgan fingerprint density at radius 2 is 1.81 bits per heavy atom. The summed E-state index contributed by atoms with van der Waals surface area (Å²) in [4.78, 5) is 11.9. The van der Waals surface area contributed by atoms with Crippen LogP contribution < -0.4 is 10.1 Å². The van der Waals surface area contributed by atoms with Crippen LogP contribution in [-0.2, 0) is 0 Å². The SMILES string of the molecule is O=C(Nc1ccc(F)c(Br)c1)c1ccc(OC(F)F)cc1. The lowest BCUT2D eigenvalue weighted by molar-refractivity contribution is -0.0498. The Labute approximate surface area is 126 Å². The van der Waals surface area contributed by atoms with Crippen LogP contribution in [0.4, 0.5) is 18.9 Å². The number of benzene rings is 2. The molecule has 2 aromatic carbocycles. The van der Waals surface area contributed by atoms with Gasteiger partial charge in [-0.2, -0.15) is 8.78 Å². The van der Waals surface area contributed by atoms with Gasteiger partial charge in [-0.05, 0) is 58.4 Å². The summed E-state index contributed by atoms with van der Waals surface area (Å²) in [5.41, 5.74) is 0.665. The molecule has 21 heavy (non-hydrogen) atoms. The number of ether oxygens (including phenoxy) is 1. The molecular weight excluding hydrogens is 351 g/mol. The second kappa shape index (κ2) is 6.62. The molecule has 7 heteroatoms. The highest BCUT2D eigenvalue weighted by molar-refractivity contribution is 9.10. The topological polar surface area (TPSA) is 38.3 Å². The first kappa shape index (κ1) is 15.4. The number of amides is 1. The van der Waals surface area contributed by atoms with Crippen molar-refractivity contribution in [3.05, 3.63) is 58.3 Å². The molecule has 0 saturated carbocycles. The van der Waals surface area contributed by atoms with E-state index in [0.717, 1.165) is 0 Å². The first-order valence-corrected chi connectivity index (χ1v) is 6.56. The molecule has 0 bridgehead atoms. The average Bonchev–Trinajstić information content (AvgIpc) is 2.43. The van der Waals surface area contributed by atoms with Gasteiger partial charge in [0.15, 0.2) is 0 Å². The number of carbonyl (C=O) groups is 1. The van der Waals surface area contributed by atoms with Gasteiger partial charge in [-0.1, -0.05) is 0 Å². The van der Waals surface area contributed by atoms with Crippen LogP contribution in [-0.4, -0.2) is 12.5 Å². The molecule has 0 spiro atoms. The molecular formula is C14H9BrF3NO2. The lowest BCUT2D eigenvalue weighted by Crippen LogP contribution is -2.12. The average molecular weight is 360 g/mol. The zero-order chi connectivity index (χ0) is 15.4. The molecule has 110 valence electrons. The van der Waals surface area contributed by atoms with E-state index in [4.69, 9.17) is 0 Å². The third-order valence-electron chi connectivity index (χ3n) is 2.52. The van der Waals surface area contributed by atoms with Crippen molar-refractivity contribution in [1.82, 2.24) is 0 Å². The molecule has 0 radical (unpaired) electrons. The molecule has 1 N–H and O–H groups in total. The fraction of sp³-hybridized carbons (Fsp3) is 0.0714. The second-order valence-electron chi connectivity index (χ2n) is 3.99. The van der Waals surface area contributed by atoms with Gasteiger partial charge >= 0.3 is 6.61 Å². The summed E-state index contributed by atoms with van der Waals surface area (Å²) >= 11 is 3.01. The van der Waals surface area contributed by atoms with Crippen molar-refractivity contribution >= 4 is 27.5 Å². The van der Waals surface area contributed by atoms with Crippen molar-refractivity contribution in [3.63, 3.8) is 0 Å². The molecule has 0 atom stereocenters. The first-order chi connectivity index (χ1) is 9.95. The van der Waals surface area contributed by atoms with Gasteiger partial charge < -0.3 is 10.1 Å². The Morgan fingerprint density at radius 3 is 2.38 bits per heavy atom. The van der Waals surface area contributed by atoms with Crippen LogP contribution in [0.25, 0.3) is 0 Å². The van der Waals surface area contributed by atoms with Crippen molar-refractivity contribution in [2.24, 2.45) is 0 Å². The Kier molecular flexibility index (Phi) is 4.85.